The molecule has 13 heavy (non-hydrogen) atoms. The fourth-order valence-corrected chi connectivity index (χ4v) is 2.24. The highest BCUT2D eigenvalue weighted by Gasteiger charge is 2.06. The van der Waals surface area contributed by atoms with Crippen molar-refractivity contribution < 1.29 is 4.74 Å². The van der Waals surface area contributed by atoms with Gasteiger partial charge in [-0.15, -0.1) is 0 Å². The van der Waals surface area contributed by atoms with Crippen LogP contribution >= 0.6 is 22.9 Å². The van der Waals surface area contributed by atoms with Gasteiger partial charge in [-0.2, -0.15) is 0 Å². The summed E-state index contributed by atoms with van der Waals surface area (Å²) in [5.74, 6) is 0. The maximum Gasteiger partial charge on any atom is 0.174 e. The molecule has 2 nitrogen and oxygen atoms in total. The van der Waals surface area contributed by atoms with Crippen LogP contribution in [0.5, 0.6) is 5.06 Å². The van der Waals surface area contributed by atoms with Crippen LogP contribution in [0.15, 0.2) is 18.2 Å². The van der Waals surface area contributed by atoms with Gasteiger partial charge in [-0.05, 0) is 12.1 Å². The van der Waals surface area contributed by atoms with Gasteiger partial charge in [0.05, 0.1) is 17.8 Å². The van der Waals surface area contributed by atoms with E-state index in [1.54, 1.807) is 24.5 Å². The van der Waals surface area contributed by atoms with Gasteiger partial charge in [-0.1, -0.05) is 22.9 Å². The molecular weight excluding hydrogens is 206 g/mol. The number of hydrogen-bond donors (Lipinski definition) is 1. The van der Waals surface area contributed by atoms with Crippen LogP contribution in [0.1, 0.15) is 0 Å². The van der Waals surface area contributed by atoms with Gasteiger partial charge >= 0.3 is 0 Å². The third-order valence-electron chi connectivity index (χ3n) is 1.87. The van der Waals surface area contributed by atoms with E-state index in [4.69, 9.17) is 22.1 Å². The van der Waals surface area contributed by atoms with Crippen LogP contribution in [-0.2, 0) is 0 Å². The number of fused-ring (bicyclic) bond motifs is 1. The van der Waals surface area contributed by atoms with E-state index in [1.165, 1.54) is 0 Å². The van der Waals surface area contributed by atoms with Crippen molar-refractivity contribution in [2.45, 2.75) is 0 Å². The molecule has 0 atom stereocenters. The van der Waals surface area contributed by atoms with Crippen molar-refractivity contribution in [3.8, 4) is 5.06 Å². The standard InChI is InChI=1S/C9H8ClNOS/c1-12-8-4-5-7(13-8)3-2-6(10)9(5)11/h2-4H,11H2,1H3. The fourth-order valence-electron chi connectivity index (χ4n) is 1.18. The normalized spacial score (nSPS) is 10.6. The summed E-state index contributed by atoms with van der Waals surface area (Å²) >= 11 is 7.44. The van der Waals surface area contributed by atoms with E-state index in [9.17, 15) is 0 Å². The Morgan fingerprint density at radius 3 is 2.92 bits per heavy atom. The lowest BCUT2D eigenvalue weighted by atomic mass is 10.2. The van der Waals surface area contributed by atoms with Crippen LogP contribution in [0.25, 0.3) is 10.1 Å². The molecule has 0 radical (unpaired) electrons. The van der Waals surface area contributed by atoms with E-state index < -0.39 is 0 Å². The predicted octanol–water partition coefficient (Wildman–Crippen LogP) is 3.15. The van der Waals surface area contributed by atoms with E-state index in [0.29, 0.717) is 10.7 Å². The zero-order valence-electron chi connectivity index (χ0n) is 7.00. The van der Waals surface area contributed by atoms with Crippen LogP contribution in [0.4, 0.5) is 5.69 Å². The molecule has 2 aromatic rings. The van der Waals surface area contributed by atoms with E-state index >= 15 is 0 Å². The maximum absolute atomic E-state index is 5.88. The maximum atomic E-state index is 5.88. The van der Waals surface area contributed by atoms with Crippen molar-refractivity contribution in [1.82, 2.24) is 0 Å². The molecule has 4 heteroatoms. The molecule has 0 amide bonds. The van der Waals surface area contributed by atoms with Crippen LogP contribution < -0.4 is 10.5 Å². The highest BCUT2D eigenvalue weighted by Crippen LogP contribution is 2.37. The Morgan fingerprint density at radius 2 is 2.23 bits per heavy atom. The number of anilines is 1. The van der Waals surface area contributed by atoms with Crippen LogP contribution in [0, 0.1) is 0 Å². The number of methoxy groups -OCH3 is 1. The topological polar surface area (TPSA) is 35.2 Å². The molecule has 2 N–H and O–H groups in total. The van der Waals surface area contributed by atoms with Crippen molar-refractivity contribution >= 4 is 38.7 Å². The first-order valence-electron chi connectivity index (χ1n) is 3.74. The Labute approximate surface area is 84.9 Å². The van der Waals surface area contributed by atoms with Gasteiger partial charge < -0.3 is 10.5 Å². The highest BCUT2D eigenvalue weighted by molar-refractivity contribution is 7.20. The van der Waals surface area contributed by atoms with E-state index in [0.717, 1.165) is 15.1 Å². The third-order valence-corrected chi connectivity index (χ3v) is 3.26. The average molecular weight is 214 g/mol. The summed E-state index contributed by atoms with van der Waals surface area (Å²) in [6.07, 6.45) is 0. The van der Waals surface area contributed by atoms with Crippen molar-refractivity contribution in [3.05, 3.63) is 23.2 Å². The molecule has 1 aromatic carbocycles. The number of nitrogens with two attached hydrogens (primary N) is 1. The monoisotopic (exact) mass is 213 g/mol. The molecule has 0 aliphatic rings. The quantitative estimate of drug-likeness (QED) is 0.739. The number of thiophene rings is 1. The molecule has 0 fully saturated rings. The molecule has 0 unspecified atom stereocenters. The largest absolute Gasteiger partial charge is 0.487 e. The minimum Gasteiger partial charge on any atom is -0.487 e. The average Bonchev–Trinajstić information content (AvgIpc) is 2.55. The lowest BCUT2D eigenvalue weighted by Gasteiger charge is -1.97. The van der Waals surface area contributed by atoms with Gasteiger partial charge in [0, 0.05) is 16.2 Å². The highest BCUT2D eigenvalue weighted by atomic mass is 35.5. The molecular formula is C9H8ClNOS. The van der Waals surface area contributed by atoms with Crippen molar-refractivity contribution in [2.24, 2.45) is 0 Å². The molecule has 0 spiro atoms. The number of rotatable bonds is 1. The summed E-state index contributed by atoms with van der Waals surface area (Å²) in [6.45, 7) is 0. The van der Waals surface area contributed by atoms with E-state index in [-0.39, 0.29) is 0 Å². The summed E-state index contributed by atoms with van der Waals surface area (Å²) in [6, 6.07) is 5.65. The molecule has 0 aliphatic heterocycles. The summed E-state index contributed by atoms with van der Waals surface area (Å²) < 4.78 is 6.21. The Hall–Kier alpha value is -0.930. The van der Waals surface area contributed by atoms with E-state index in [1.807, 2.05) is 12.1 Å². The Morgan fingerprint density at radius 1 is 1.46 bits per heavy atom. The van der Waals surface area contributed by atoms with Crippen LogP contribution in [0.3, 0.4) is 0 Å². The first-order valence-corrected chi connectivity index (χ1v) is 4.93. The first kappa shape index (κ1) is 8.66. The van der Waals surface area contributed by atoms with Crippen molar-refractivity contribution in [3.63, 3.8) is 0 Å². The molecule has 0 aliphatic carbocycles. The lowest BCUT2D eigenvalue weighted by molar-refractivity contribution is 0.427. The number of nitrogen functional groups attached to an aromatic ring is 1. The smallest absolute Gasteiger partial charge is 0.174 e. The zero-order chi connectivity index (χ0) is 9.42. The number of hydrogen-bond acceptors (Lipinski definition) is 3. The molecule has 0 saturated heterocycles. The molecule has 0 bridgehead atoms. The minimum atomic E-state index is 0.591. The van der Waals surface area contributed by atoms with Crippen LogP contribution in [-0.4, -0.2) is 7.11 Å². The Balaban J connectivity index is 2.76. The van der Waals surface area contributed by atoms with Crippen molar-refractivity contribution in [2.75, 3.05) is 12.8 Å². The first-order chi connectivity index (χ1) is 6.22. The van der Waals surface area contributed by atoms with Gasteiger partial charge in [0.1, 0.15) is 0 Å². The minimum absolute atomic E-state index is 0.591. The molecule has 2 rings (SSSR count). The number of halogens is 1. The van der Waals surface area contributed by atoms with Crippen molar-refractivity contribution in [1.29, 1.82) is 0 Å². The summed E-state index contributed by atoms with van der Waals surface area (Å²) in [4.78, 5) is 0. The Bertz CT molecular complexity index is 452. The lowest BCUT2D eigenvalue weighted by Crippen LogP contribution is -1.85. The summed E-state index contributed by atoms with van der Waals surface area (Å²) in [5, 5.41) is 2.41. The Kier molecular flexibility index (Phi) is 2.06. The number of ether oxygens (including phenoxy) is 1. The predicted molar refractivity (Wildman–Crippen MR) is 57.8 cm³/mol. The van der Waals surface area contributed by atoms with Gasteiger partial charge in [0.25, 0.3) is 0 Å². The summed E-state index contributed by atoms with van der Waals surface area (Å²) in [7, 11) is 1.64. The third kappa shape index (κ3) is 1.34. The molecule has 1 heterocycles. The molecule has 0 saturated carbocycles. The summed E-state index contributed by atoms with van der Waals surface area (Å²) in [5.41, 5.74) is 6.43. The second-order valence-corrected chi connectivity index (χ2v) is 4.10. The van der Waals surface area contributed by atoms with Crippen LogP contribution in [0.2, 0.25) is 5.02 Å². The SMILES string of the molecule is COc1cc2c(N)c(Cl)ccc2s1. The number of benzene rings is 1. The molecule has 1 aromatic heterocycles. The van der Waals surface area contributed by atoms with Gasteiger partial charge in [-0.3, -0.25) is 0 Å². The van der Waals surface area contributed by atoms with Gasteiger partial charge in [-0.25, -0.2) is 0 Å². The zero-order valence-corrected chi connectivity index (χ0v) is 8.58. The van der Waals surface area contributed by atoms with Gasteiger partial charge in [0.15, 0.2) is 5.06 Å². The van der Waals surface area contributed by atoms with Gasteiger partial charge in [0.2, 0.25) is 0 Å². The second kappa shape index (κ2) is 3.09. The van der Waals surface area contributed by atoms with E-state index in [2.05, 4.69) is 0 Å². The second-order valence-electron chi connectivity index (χ2n) is 2.64. The molecule has 68 valence electrons. The fraction of sp³-hybridized carbons (Fsp3) is 0.111.